The van der Waals surface area contributed by atoms with Gasteiger partial charge in [0, 0.05) is 22.3 Å². The first-order valence-corrected chi connectivity index (χ1v) is 7.74. The maximum absolute atomic E-state index is 3.58. The quantitative estimate of drug-likeness (QED) is 0.373. The van der Waals surface area contributed by atoms with E-state index in [4.69, 9.17) is 0 Å². The highest BCUT2D eigenvalue weighted by molar-refractivity contribution is 6.09. The Bertz CT molecular complexity index is 159. The summed E-state index contributed by atoms with van der Waals surface area (Å²) in [6, 6.07) is 2.39. The van der Waals surface area contributed by atoms with Gasteiger partial charge in [-0.2, -0.15) is 0 Å². The Morgan fingerprint density at radius 2 is 1.53 bits per heavy atom. The fraction of sp³-hybridized carbons (Fsp3) is 0.833. The van der Waals surface area contributed by atoms with E-state index in [1.165, 1.54) is 29.1 Å². The van der Waals surface area contributed by atoms with Gasteiger partial charge in [-0.25, -0.2) is 0 Å². The summed E-state index contributed by atoms with van der Waals surface area (Å²) in [7, 11) is 1.25. The Morgan fingerprint density at radius 1 is 1.07 bits per heavy atom. The normalized spacial score (nSPS) is 18.1. The molecule has 0 aliphatic heterocycles. The Hall–Kier alpha value is -0.123. The molecule has 90 valence electrons. The lowest BCUT2D eigenvalue weighted by molar-refractivity contribution is 0.387. The van der Waals surface area contributed by atoms with Gasteiger partial charge in [0.15, 0.2) is 0 Å². The summed E-state index contributed by atoms with van der Waals surface area (Å²) in [6.45, 7) is 8.91. The molecule has 0 aromatic heterocycles. The Balaban J connectivity index is 4.11. The van der Waals surface area contributed by atoms with Crippen molar-refractivity contribution in [2.75, 3.05) is 0 Å². The predicted molar refractivity (Wildman–Crippen MR) is 73.5 cm³/mol. The van der Waals surface area contributed by atoms with Crippen molar-refractivity contribution in [3.8, 4) is 0 Å². The Labute approximate surface area is 98.3 Å². The van der Waals surface area contributed by atoms with Crippen LogP contribution in [0.25, 0.3) is 0 Å². The second-order valence-corrected chi connectivity index (χ2v) is 5.08. The molecule has 2 unspecified atom stereocenters. The Kier molecular flexibility index (Phi) is 9.05. The number of nitrogens with one attached hydrogen (secondary N) is 2. The summed E-state index contributed by atoms with van der Waals surface area (Å²) in [5.74, 6) is 0. The van der Waals surface area contributed by atoms with Crippen LogP contribution in [0.1, 0.15) is 40.5 Å². The van der Waals surface area contributed by atoms with Crippen molar-refractivity contribution in [3.63, 3.8) is 0 Å². The molecule has 0 spiro atoms. The summed E-state index contributed by atoms with van der Waals surface area (Å²) < 4.78 is 0. The van der Waals surface area contributed by atoms with Gasteiger partial charge in [-0.1, -0.05) is 26.0 Å². The zero-order valence-corrected chi connectivity index (χ0v) is 13.0. The molecule has 0 aromatic rings. The van der Waals surface area contributed by atoms with Crippen LogP contribution in [0.2, 0.25) is 6.04 Å². The number of allylic oxidation sites excluding steroid dienone is 1. The van der Waals surface area contributed by atoms with Crippen molar-refractivity contribution in [2.45, 2.75) is 64.8 Å². The molecule has 0 heterocycles. The molecule has 2 atom stereocenters. The minimum atomic E-state index is 0.337. The molecular weight excluding hydrogens is 200 g/mol. The molecule has 0 aromatic carbocycles. The number of rotatable bonds is 8. The van der Waals surface area contributed by atoms with Crippen LogP contribution in [0.5, 0.6) is 0 Å². The molecule has 0 aliphatic rings. The van der Waals surface area contributed by atoms with Crippen LogP contribution in [0.15, 0.2) is 12.2 Å². The van der Waals surface area contributed by atoms with Crippen molar-refractivity contribution in [1.29, 1.82) is 0 Å². The zero-order chi connectivity index (χ0) is 11.7. The molecule has 15 heavy (non-hydrogen) atoms. The molecule has 0 amide bonds. The molecule has 0 saturated heterocycles. The van der Waals surface area contributed by atoms with Crippen molar-refractivity contribution < 1.29 is 0 Å². The highest BCUT2D eigenvalue weighted by Gasteiger charge is 2.09. The molecule has 0 radical (unpaired) electrons. The topological polar surface area (TPSA) is 24.1 Å². The van der Waals surface area contributed by atoms with Crippen LogP contribution in [-0.2, 0) is 0 Å². The monoisotopic (exact) mass is 228 g/mol. The standard InChI is InChI=1S/C12H28N2Si/c1-5-10(3)13-12(8-7-9-15)14-11(4)6-2/h7-8,10-14H,5-6,9H2,1-4,15H3. The third-order valence-electron chi connectivity index (χ3n) is 2.72. The van der Waals surface area contributed by atoms with Crippen molar-refractivity contribution in [3.05, 3.63) is 12.2 Å². The van der Waals surface area contributed by atoms with E-state index in [9.17, 15) is 0 Å². The first-order chi connectivity index (χ1) is 7.13. The highest BCUT2D eigenvalue weighted by Crippen LogP contribution is 1.96. The van der Waals surface area contributed by atoms with E-state index in [2.05, 4.69) is 50.5 Å². The van der Waals surface area contributed by atoms with Crippen LogP contribution in [0.4, 0.5) is 0 Å². The molecule has 2 N–H and O–H groups in total. The predicted octanol–water partition coefficient (Wildman–Crippen LogP) is 1.43. The van der Waals surface area contributed by atoms with E-state index in [0.717, 1.165) is 0 Å². The van der Waals surface area contributed by atoms with E-state index >= 15 is 0 Å². The van der Waals surface area contributed by atoms with Gasteiger partial charge in [0.05, 0.1) is 6.17 Å². The van der Waals surface area contributed by atoms with E-state index in [-0.39, 0.29) is 0 Å². The van der Waals surface area contributed by atoms with Gasteiger partial charge < -0.3 is 0 Å². The summed E-state index contributed by atoms with van der Waals surface area (Å²) in [5.41, 5.74) is 0. The van der Waals surface area contributed by atoms with Gasteiger partial charge in [0.1, 0.15) is 0 Å². The number of hydrogen-bond acceptors (Lipinski definition) is 2. The fourth-order valence-corrected chi connectivity index (χ4v) is 1.55. The highest BCUT2D eigenvalue weighted by atomic mass is 28.1. The largest absolute Gasteiger partial charge is 0.296 e. The minimum absolute atomic E-state index is 0.337. The molecule has 3 heteroatoms. The summed E-state index contributed by atoms with van der Waals surface area (Å²) >= 11 is 0. The fourth-order valence-electron chi connectivity index (χ4n) is 1.28. The van der Waals surface area contributed by atoms with E-state index in [0.29, 0.717) is 18.2 Å². The van der Waals surface area contributed by atoms with Gasteiger partial charge in [0.2, 0.25) is 0 Å². The lowest BCUT2D eigenvalue weighted by atomic mass is 10.2. The molecule has 2 nitrogen and oxygen atoms in total. The molecule has 0 rings (SSSR count). The molecular formula is C12H28N2Si. The third-order valence-corrected chi connectivity index (χ3v) is 3.19. The first-order valence-electron chi connectivity index (χ1n) is 6.32. The minimum Gasteiger partial charge on any atom is -0.296 e. The SMILES string of the molecule is CCC(C)NC(C=CC[SiH3])NC(C)CC. The van der Waals surface area contributed by atoms with Gasteiger partial charge in [0.25, 0.3) is 0 Å². The zero-order valence-electron chi connectivity index (χ0n) is 11.0. The van der Waals surface area contributed by atoms with Crippen LogP contribution in [0, 0.1) is 0 Å². The van der Waals surface area contributed by atoms with E-state index < -0.39 is 0 Å². The van der Waals surface area contributed by atoms with Crippen LogP contribution >= 0.6 is 0 Å². The lowest BCUT2D eigenvalue weighted by Crippen LogP contribution is -2.48. The molecule has 0 fully saturated rings. The van der Waals surface area contributed by atoms with Crippen molar-refractivity contribution in [1.82, 2.24) is 10.6 Å². The second kappa shape index (κ2) is 9.13. The van der Waals surface area contributed by atoms with Crippen LogP contribution in [0.3, 0.4) is 0 Å². The van der Waals surface area contributed by atoms with E-state index in [1.54, 1.807) is 0 Å². The van der Waals surface area contributed by atoms with Crippen LogP contribution in [-0.4, -0.2) is 28.5 Å². The van der Waals surface area contributed by atoms with Gasteiger partial charge in [-0.15, -0.1) is 0 Å². The molecule has 0 aliphatic carbocycles. The maximum atomic E-state index is 3.58. The smallest absolute Gasteiger partial charge is 0.0768 e. The Morgan fingerprint density at radius 3 is 1.87 bits per heavy atom. The van der Waals surface area contributed by atoms with Crippen LogP contribution < -0.4 is 10.6 Å². The van der Waals surface area contributed by atoms with Crippen molar-refractivity contribution in [2.24, 2.45) is 0 Å². The van der Waals surface area contributed by atoms with Gasteiger partial charge in [-0.05, 0) is 32.7 Å². The summed E-state index contributed by atoms with van der Waals surface area (Å²) in [4.78, 5) is 0. The van der Waals surface area contributed by atoms with Crippen molar-refractivity contribution >= 4 is 10.2 Å². The first kappa shape index (κ1) is 14.9. The summed E-state index contributed by atoms with van der Waals surface area (Å²) in [5, 5.41) is 7.17. The van der Waals surface area contributed by atoms with Gasteiger partial charge in [-0.3, -0.25) is 10.6 Å². The molecule has 0 saturated carbocycles. The van der Waals surface area contributed by atoms with Gasteiger partial charge >= 0.3 is 0 Å². The maximum Gasteiger partial charge on any atom is 0.0768 e. The average molecular weight is 228 g/mol. The third kappa shape index (κ3) is 7.77. The lowest BCUT2D eigenvalue weighted by Gasteiger charge is -2.24. The average Bonchev–Trinajstić information content (AvgIpc) is 2.25. The summed E-state index contributed by atoms with van der Waals surface area (Å²) in [6.07, 6.45) is 7.23. The number of hydrogen-bond donors (Lipinski definition) is 2. The molecule has 0 bridgehead atoms. The second-order valence-electron chi connectivity index (χ2n) is 4.27. The van der Waals surface area contributed by atoms with E-state index in [1.807, 2.05) is 0 Å².